The highest BCUT2D eigenvalue weighted by atomic mass is 16.6. The molecule has 6 heteroatoms. The standard InChI is InChI=1S/C58H92O6/c1-4-7-10-13-16-19-22-24-26-27-28-29-30-31-33-34-36-39-42-45-48-51-57(60)63-54-55(53-62-56(59)50-47-44-41-38-21-18-15-12-9-6-3)64-58(61)52-49-46-43-40-37-35-32-25-23-20-17-14-11-8-5-2/h7-8,10-12,15-17,19-20,24-26,28-29,31-33,37,40,55H,4-6,9,13-14,18,21-23,27,30,34-36,38-39,41-54H2,1-3H3/b10-7-,11-8-,15-12-,19-16-,20-17-,26-24-,29-28-,32-25-,33-31-,40-37-. The average molecular weight is 885 g/mol. The second-order valence-electron chi connectivity index (χ2n) is 16.3. The van der Waals surface area contributed by atoms with E-state index in [1.165, 1.54) is 12.8 Å². The van der Waals surface area contributed by atoms with E-state index in [0.717, 1.165) is 148 Å². The zero-order chi connectivity index (χ0) is 46.5. The lowest BCUT2D eigenvalue weighted by Gasteiger charge is -2.18. The molecule has 0 aliphatic carbocycles. The van der Waals surface area contributed by atoms with Gasteiger partial charge in [-0.3, -0.25) is 14.4 Å². The molecule has 0 amide bonds. The van der Waals surface area contributed by atoms with E-state index in [2.05, 4.69) is 142 Å². The Hall–Kier alpha value is -4.19. The van der Waals surface area contributed by atoms with Crippen molar-refractivity contribution < 1.29 is 28.6 Å². The van der Waals surface area contributed by atoms with Crippen molar-refractivity contribution in [3.05, 3.63) is 122 Å². The first-order valence-corrected chi connectivity index (χ1v) is 25.5. The molecule has 64 heavy (non-hydrogen) atoms. The number of hydrogen-bond donors (Lipinski definition) is 0. The van der Waals surface area contributed by atoms with Crippen LogP contribution in [0.3, 0.4) is 0 Å². The van der Waals surface area contributed by atoms with Gasteiger partial charge in [-0.25, -0.2) is 0 Å². The fraction of sp³-hybridized carbons (Fsp3) is 0.603. The summed E-state index contributed by atoms with van der Waals surface area (Å²) in [5, 5.41) is 0. The molecule has 0 aromatic heterocycles. The van der Waals surface area contributed by atoms with Crippen LogP contribution in [0.4, 0.5) is 0 Å². The number of carbonyl (C=O) groups is 3. The van der Waals surface area contributed by atoms with Gasteiger partial charge < -0.3 is 14.2 Å². The summed E-state index contributed by atoms with van der Waals surface area (Å²) in [7, 11) is 0. The number of rotatable bonds is 44. The summed E-state index contributed by atoms with van der Waals surface area (Å²) in [6.07, 6.45) is 70.4. The van der Waals surface area contributed by atoms with Gasteiger partial charge in [0.05, 0.1) is 0 Å². The van der Waals surface area contributed by atoms with Crippen LogP contribution in [0, 0.1) is 0 Å². The molecule has 1 atom stereocenters. The predicted octanol–water partition coefficient (Wildman–Crippen LogP) is 16.9. The predicted molar refractivity (Wildman–Crippen MR) is 274 cm³/mol. The molecule has 0 rings (SSSR count). The van der Waals surface area contributed by atoms with Crippen molar-refractivity contribution in [2.45, 2.75) is 213 Å². The van der Waals surface area contributed by atoms with Gasteiger partial charge in [0, 0.05) is 19.3 Å². The highest BCUT2D eigenvalue weighted by Gasteiger charge is 2.19. The molecule has 0 fully saturated rings. The number of allylic oxidation sites excluding steroid dienone is 20. The zero-order valence-corrected chi connectivity index (χ0v) is 41.0. The minimum Gasteiger partial charge on any atom is -0.462 e. The molecule has 360 valence electrons. The quantitative estimate of drug-likeness (QED) is 0.0262. The summed E-state index contributed by atoms with van der Waals surface area (Å²) in [6.45, 7) is 6.26. The number of carbonyl (C=O) groups excluding carboxylic acids is 3. The maximum Gasteiger partial charge on any atom is 0.306 e. The molecule has 0 bridgehead atoms. The fourth-order valence-electron chi connectivity index (χ4n) is 6.40. The van der Waals surface area contributed by atoms with Crippen molar-refractivity contribution in [2.24, 2.45) is 0 Å². The molecule has 0 radical (unpaired) electrons. The SMILES string of the molecule is CC/C=C\C/C=C\C/C=C\C/C=C\C/C=C\CCCCCCCC(=O)OCC(COC(=O)CCCCCCC/C=C\CCC)OC(=O)CCCC/C=C\C/C=C\C/C=C\C/C=C\CC. The van der Waals surface area contributed by atoms with Crippen LogP contribution in [0.25, 0.3) is 0 Å². The lowest BCUT2D eigenvalue weighted by molar-refractivity contribution is -0.167. The van der Waals surface area contributed by atoms with E-state index >= 15 is 0 Å². The second kappa shape index (κ2) is 51.4. The van der Waals surface area contributed by atoms with Crippen LogP contribution in [0.1, 0.15) is 207 Å². The van der Waals surface area contributed by atoms with Crippen molar-refractivity contribution in [3.63, 3.8) is 0 Å². The normalized spacial score (nSPS) is 13.1. The van der Waals surface area contributed by atoms with E-state index in [1.54, 1.807) is 0 Å². The average Bonchev–Trinajstić information content (AvgIpc) is 3.29. The van der Waals surface area contributed by atoms with Crippen LogP contribution in [0.15, 0.2) is 122 Å². The minimum absolute atomic E-state index is 0.109. The Morgan fingerprint density at radius 3 is 1.00 bits per heavy atom. The summed E-state index contributed by atoms with van der Waals surface area (Å²) < 4.78 is 16.7. The molecule has 0 spiro atoms. The summed E-state index contributed by atoms with van der Waals surface area (Å²) in [4.78, 5) is 37.9. The highest BCUT2D eigenvalue weighted by molar-refractivity contribution is 5.71. The van der Waals surface area contributed by atoms with Crippen LogP contribution >= 0.6 is 0 Å². The van der Waals surface area contributed by atoms with Crippen molar-refractivity contribution >= 4 is 17.9 Å². The van der Waals surface area contributed by atoms with Gasteiger partial charge in [-0.15, -0.1) is 0 Å². The van der Waals surface area contributed by atoms with E-state index in [1.807, 2.05) is 0 Å². The number of unbranched alkanes of at least 4 members (excludes halogenated alkanes) is 13. The van der Waals surface area contributed by atoms with Crippen LogP contribution in [0.5, 0.6) is 0 Å². The lowest BCUT2D eigenvalue weighted by Crippen LogP contribution is -2.30. The van der Waals surface area contributed by atoms with Gasteiger partial charge in [0.15, 0.2) is 6.10 Å². The molecular weight excluding hydrogens is 793 g/mol. The Balaban J connectivity index is 4.46. The van der Waals surface area contributed by atoms with Crippen LogP contribution < -0.4 is 0 Å². The summed E-state index contributed by atoms with van der Waals surface area (Å²) >= 11 is 0. The number of ether oxygens (including phenoxy) is 3. The smallest absolute Gasteiger partial charge is 0.306 e. The van der Waals surface area contributed by atoms with Crippen LogP contribution in [-0.4, -0.2) is 37.2 Å². The van der Waals surface area contributed by atoms with Crippen molar-refractivity contribution in [3.8, 4) is 0 Å². The molecule has 0 saturated heterocycles. The van der Waals surface area contributed by atoms with E-state index in [0.29, 0.717) is 19.3 Å². The fourth-order valence-corrected chi connectivity index (χ4v) is 6.40. The summed E-state index contributed by atoms with van der Waals surface area (Å²) in [6, 6.07) is 0. The number of esters is 3. The molecule has 0 aliphatic rings. The zero-order valence-electron chi connectivity index (χ0n) is 41.0. The first kappa shape index (κ1) is 59.8. The Morgan fingerprint density at radius 1 is 0.328 bits per heavy atom. The van der Waals surface area contributed by atoms with E-state index in [-0.39, 0.29) is 37.5 Å². The molecule has 0 aliphatic heterocycles. The molecule has 0 heterocycles. The van der Waals surface area contributed by atoms with Gasteiger partial charge in [-0.05, 0) is 122 Å². The lowest BCUT2D eigenvalue weighted by atomic mass is 10.1. The van der Waals surface area contributed by atoms with Crippen LogP contribution in [-0.2, 0) is 28.6 Å². The molecule has 0 aromatic carbocycles. The number of hydrogen-bond acceptors (Lipinski definition) is 6. The molecule has 1 unspecified atom stereocenters. The molecule has 0 N–H and O–H groups in total. The Kier molecular flexibility index (Phi) is 48.1. The molecule has 0 saturated carbocycles. The topological polar surface area (TPSA) is 78.9 Å². The Labute approximate surface area is 392 Å². The first-order valence-electron chi connectivity index (χ1n) is 25.5. The summed E-state index contributed by atoms with van der Waals surface area (Å²) in [5.74, 6) is -0.990. The second-order valence-corrected chi connectivity index (χ2v) is 16.3. The van der Waals surface area contributed by atoms with Gasteiger partial charge in [0.25, 0.3) is 0 Å². The maximum atomic E-state index is 12.8. The highest BCUT2D eigenvalue weighted by Crippen LogP contribution is 2.12. The Morgan fingerprint density at radius 2 is 0.609 bits per heavy atom. The van der Waals surface area contributed by atoms with E-state index in [4.69, 9.17) is 14.2 Å². The molecule has 0 aromatic rings. The van der Waals surface area contributed by atoms with Crippen molar-refractivity contribution in [1.29, 1.82) is 0 Å². The van der Waals surface area contributed by atoms with Gasteiger partial charge in [0.1, 0.15) is 13.2 Å². The maximum absolute atomic E-state index is 12.8. The largest absolute Gasteiger partial charge is 0.462 e. The third-order valence-corrected chi connectivity index (χ3v) is 10.2. The molecular formula is C58H92O6. The van der Waals surface area contributed by atoms with E-state index < -0.39 is 6.10 Å². The van der Waals surface area contributed by atoms with Crippen molar-refractivity contribution in [1.82, 2.24) is 0 Å². The van der Waals surface area contributed by atoms with Gasteiger partial charge in [-0.2, -0.15) is 0 Å². The Bertz CT molecular complexity index is 1390. The van der Waals surface area contributed by atoms with Gasteiger partial charge in [-0.1, -0.05) is 187 Å². The third kappa shape index (κ3) is 48.8. The van der Waals surface area contributed by atoms with Crippen molar-refractivity contribution in [2.75, 3.05) is 13.2 Å². The monoisotopic (exact) mass is 885 g/mol. The molecule has 6 nitrogen and oxygen atoms in total. The van der Waals surface area contributed by atoms with Crippen LogP contribution in [0.2, 0.25) is 0 Å². The summed E-state index contributed by atoms with van der Waals surface area (Å²) in [5.41, 5.74) is 0. The van der Waals surface area contributed by atoms with Gasteiger partial charge >= 0.3 is 17.9 Å². The van der Waals surface area contributed by atoms with E-state index in [9.17, 15) is 14.4 Å². The first-order chi connectivity index (χ1) is 31.5. The van der Waals surface area contributed by atoms with Gasteiger partial charge in [0.2, 0.25) is 0 Å². The minimum atomic E-state index is -0.813. The third-order valence-electron chi connectivity index (χ3n) is 10.2.